The van der Waals surface area contributed by atoms with Crippen LogP contribution in [0.3, 0.4) is 0 Å². The quantitative estimate of drug-likeness (QED) is 0.570. The van der Waals surface area contributed by atoms with Crippen LogP contribution in [0, 0.1) is 6.92 Å². The third-order valence-electron chi connectivity index (χ3n) is 2.83. The van der Waals surface area contributed by atoms with E-state index in [0.717, 1.165) is 5.56 Å². The van der Waals surface area contributed by atoms with Crippen molar-refractivity contribution in [1.82, 2.24) is 4.98 Å². The Balaban J connectivity index is 2.45. The van der Waals surface area contributed by atoms with Crippen LogP contribution in [0.25, 0.3) is 0 Å². The molecule has 8 heteroatoms. The molecule has 0 amide bonds. The molecule has 0 unspecified atom stereocenters. The predicted octanol–water partition coefficient (Wildman–Crippen LogP) is 1.49. The van der Waals surface area contributed by atoms with E-state index in [2.05, 4.69) is 15.1 Å². The molecular formula is C13H16N4O3S. The molecule has 0 radical (unpaired) electrons. The summed E-state index contributed by atoms with van der Waals surface area (Å²) in [6, 6.07) is 6.68. The number of hydrogen-bond donors (Lipinski definition) is 3. The van der Waals surface area contributed by atoms with Crippen molar-refractivity contribution in [2.45, 2.75) is 11.8 Å². The lowest BCUT2D eigenvalue weighted by molar-refractivity contribution is 0.417. The van der Waals surface area contributed by atoms with Gasteiger partial charge in [0.15, 0.2) is 0 Å². The summed E-state index contributed by atoms with van der Waals surface area (Å²) in [5.41, 5.74) is 3.84. The second-order valence-corrected chi connectivity index (χ2v) is 5.98. The van der Waals surface area contributed by atoms with Gasteiger partial charge in [0, 0.05) is 12.4 Å². The van der Waals surface area contributed by atoms with Gasteiger partial charge in [-0.25, -0.2) is 8.42 Å². The fraction of sp³-hybridized carbons (Fsp3) is 0.154. The van der Waals surface area contributed by atoms with Crippen molar-refractivity contribution in [3.05, 3.63) is 42.2 Å². The zero-order valence-electron chi connectivity index (χ0n) is 11.6. The summed E-state index contributed by atoms with van der Waals surface area (Å²) < 4.78 is 32.6. The van der Waals surface area contributed by atoms with E-state index in [4.69, 9.17) is 10.6 Å². The summed E-state index contributed by atoms with van der Waals surface area (Å²) in [6.45, 7) is 1.86. The van der Waals surface area contributed by atoms with Crippen LogP contribution in [0.5, 0.6) is 5.75 Å². The molecule has 1 heterocycles. The number of hydrogen-bond acceptors (Lipinski definition) is 6. The van der Waals surface area contributed by atoms with E-state index in [1.807, 2.05) is 13.0 Å². The molecule has 0 bridgehead atoms. The average molecular weight is 308 g/mol. The first-order valence-electron chi connectivity index (χ1n) is 6.06. The minimum atomic E-state index is -3.84. The second-order valence-electron chi connectivity index (χ2n) is 4.33. The maximum atomic E-state index is 12.5. The van der Waals surface area contributed by atoms with Crippen molar-refractivity contribution in [3.63, 3.8) is 0 Å². The lowest BCUT2D eigenvalue weighted by Crippen LogP contribution is -2.18. The van der Waals surface area contributed by atoms with Crippen molar-refractivity contribution in [3.8, 4) is 5.75 Å². The van der Waals surface area contributed by atoms with Gasteiger partial charge in [-0.15, -0.1) is 0 Å². The average Bonchev–Trinajstić information content (AvgIpc) is 2.47. The van der Waals surface area contributed by atoms with Gasteiger partial charge >= 0.3 is 0 Å². The van der Waals surface area contributed by atoms with Gasteiger partial charge < -0.3 is 10.2 Å². The summed E-state index contributed by atoms with van der Waals surface area (Å²) in [5, 5.41) is 0. The Hall–Kier alpha value is -2.32. The standard InChI is InChI=1S/C13H16N4O3S/c1-9-3-4-12(20-2)11(7-9)17-21(18,19)13-8-15-6-5-10(13)16-14/h3-8,17H,14H2,1-2H3,(H,15,16). The highest BCUT2D eigenvalue weighted by Gasteiger charge is 2.20. The number of nitrogens with one attached hydrogen (secondary N) is 2. The molecule has 0 fully saturated rings. The summed E-state index contributed by atoms with van der Waals surface area (Å²) in [4.78, 5) is 3.77. The fourth-order valence-electron chi connectivity index (χ4n) is 1.81. The molecule has 0 saturated heterocycles. The molecule has 112 valence electrons. The molecule has 0 aliphatic rings. The normalized spacial score (nSPS) is 11.0. The minimum absolute atomic E-state index is 0.0453. The van der Waals surface area contributed by atoms with Crippen LogP contribution in [-0.2, 0) is 10.0 Å². The van der Waals surface area contributed by atoms with Gasteiger partial charge in [-0.1, -0.05) is 6.07 Å². The zero-order valence-corrected chi connectivity index (χ0v) is 12.4. The SMILES string of the molecule is COc1ccc(C)cc1NS(=O)(=O)c1cnccc1NN. The molecule has 0 saturated carbocycles. The second kappa shape index (κ2) is 5.98. The molecule has 0 atom stereocenters. The molecule has 0 aliphatic heterocycles. The first-order chi connectivity index (χ1) is 9.97. The number of pyridine rings is 1. The van der Waals surface area contributed by atoms with Crippen LogP contribution in [0.1, 0.15) is 5.56 Å². The first kappa shape index (κ1) is 15.1. The molecule has 21 heavy (non-hydrogen) atoms. The highest BCUT2D eigenvalue weighted by Crippen LogP contribution is 2.29. The Kier molecular flexibility index (Phi) is 4.29. The Morgan fingerprint density at radius 2 is 2.00 bits per heavy atom. The van der Waals surface area contributed by atoms with Gasteiger partial charge in [-0.3, -0.25) is 15.5 Å². The van der Waals surface area contributed by atoms with Gasteiger partial charge in [-0.2, -0.15) is 0 Å². The predicted molar refractivity (Wildman–Crippen MR) is 80.6 cm³/mol. The van der Waals surface area contributed by atoms with E-state index >= 15 is 0 Å². The maximum Gasteiger partial charge on any atom is 0.265 e. The maximum absolute atomic E-state index is 12.5. The summed E-state index contributed by atoms with van der Waals surface area (Å²) >= 11 is 0. The molecule has 4 N–H and O–H groups in total. The van der Waals surface area contributed by atoms with Crippen molar-refractivity contribution in [1.29, 1.82) is 0 Å². The number of benzene rings is 1. The fourth-order valence-corrected chi connectivity index (χ4v) is 2.99. The van der Waals surface area contributed by atoms with Crippen molar-refractivity contribution < 1.29 is 13.2 Å². The molecule has 0 spiro atoms. The van der Waals surface area contributed by atoms with Crippen LogP contribution in [0.2, 0.25) is 0 Å². The van der Waals surface area contributed by atoms with Gasteiger partial charge in [0.1, 0.15) is 10.6 Å². The largest absolute Gasteiger partial charge is 0.495 e. The number of sulfonamides is 1. The Morgan fingerprint density at radius 1 is 1.24 bits per heavy atom. The van der Waals surface area contributed by atoms with E-state index in [9.17, 15) is 8.42 Å². The molecule has 1 aromatic heterocycles. The number of aromatic nitrogens is 1. The van der Waals surface area contributed by atoms with Gasteiger partial charge in [0.05, 0.1) is 18.5 Å². The molecule has 2 rings (SSSR count). The minimum Gasteiger partial charge on any atom is -0.495 e. The van der Waals surface area contributed by atoms with E-state index in [0.29, 0.717) is 11.4 Å². The zero-order chi connectivity index (χ0) is 15.5. The lowest BCUT2D eigenvalue weighted by Gasteiger charge is -2.14. The smallest absolute Gasteiger partial charge is 0.265 e. The lowest BCUT2D eigenvalue weighted by atomic mass is 10.2. The number of rotatable bonds is 5. The van der Waals surface area contributed by atoms with E-state index < -0.39 is 10.0 Å². The van der Waals surface area contributed by atoms with Gasteiger partial charge in [0.25, 0.3) is 10.0 Å². The number of anilines is 2. The number of aryl methyl sites for hydroxylation is 1. The summed E-state index contributed by atoms with van der Waals surface area (Å²) in [6.07, 6.45) is 2.67. The van der Waals surface area contributed by atoms with Crippen LogP contribution >= 0.6 is 0 Å². The number of nitrogens with two attached hydrogens (primary N) is 1. The van der Waals surface area contributed by atoms with Crippen LogP contribution < -0.4 is 20.7 Å². The van der Waals surface area contributed by atoms with E-state index in [1.165, 1.54) is 25.6 Å². The first-order valence-corrected chi connectivity index (χ1v) is 7.54. The third-order valence-corrected chi connectivity index (χ3v) is 4.22. The summed E-state index contributed by atoms with van der Waals surface area (Å²) in [5.74, 6) is 5.75. The Bertz CT molecular complexity index is 747. The number of nitrogens with zero attached hydrogens (tertiary/aromatic N) is 1. The molecular weight excluding hydrogens is 292 g/mol. The summed E-state index contributed by atoms with van der Waals surface area (Å²) in [7, 11) is -2.37. The van der Waals surface area contributed by atoms with E-state index in [-0.39, 0.29) is 10.6 Å². The molecule has 7 nitrogen and oxygen atoms in total. The molecule has 0 aliphatic carbocycles. The van der Waals surface area contributed by atoms with E-state index in [1.54, 1.807) is 12.1 Å². The number of hydrazine groups is 1. The van der Waals surface area contributed by atoms with Crippen molar-refractivity contribution in [2.75, 3.05) is 17.3 Å². The van der Waals surface area contributed by atoms with Crippen LogP contribution in [-0.4, -0.2) is 20.5 Å². The number of ether oxygens (including phenoxy) is 1. The number of nitrogen functional groups attached to an aromatic ring is 1. The van der Waals surface area contributed by atoms with Gasteiger partial charge in [-0.05, 0) is 30.7 Å². The monoisotopic (exact) mass is 308 g/mol. The highest BCUT2D eigenvalue weighted by molar-refractivity contribution is 7.92. The van der Waals surface area contributed by atoms with Gasteiger partial charge in [0.2, 0.25) is 0 Å². The van der Waals surface area contributed by atoms with Crippen LogP contribution in [0.4, 0.5) is 11.4 Å². The Morgan fingerprint density at radius 3 is 2.67 bits per heavy atom. The van der Waals surface area contributed by atoms with Crippen LogP contribution in [0.15, 0.2) is 41.6 Å². The Labute approximate surface area is 123 Å². The molecule has 1 aromatic carbocycles. The molecule has 2 aromatic rings. The number of methoxy groups -OCH3 is 1. The van der Waals surface area contributed by atoms with Crippen molar-refractivity contribution >= 4 is 21.4 Å². The topological polar surface area (TPSA) is 106 Å². The third kappa shape index (κ3) is 3.23. The highest BCUT2D eigenvalue weighted by atomic mass is 32.2. The van der Waals surface area contributed by atoms with Crippen molar-refractivity contribution in [2.24, 2.45) is 5.84 Å².